The topological polar surface area (TPSA) is 37.9 Å². The number of hydrogen-bond donors (Lipinski definition) is 1. The van der Waals surface area contributed by atoms with E-state index in [9.17, 15) is 0 Å². The van der Waals surface area contributed by atoms with E-state index in [0.29, 0.717) is 0 Å². The molecule has 86 valence electrons. The smallest absolute Gasteiger partial charge is 0.141 e. The van der Waals surface area contributed by atoms with E-state index >= 15 is 0 Å². The largest absolute Gasteiger partial charge is 0.496 e. The van der Waals surface area contributed by atoms with E-state index in [1.165, 1.54) is 0 Å². The number of nitrogens with zero attached hydrogens (tertiary/aromatic N) is 1. The van der Waals surface area contributed by atoms with Gasteiger partial charge in [-0.25, -0.2) is 4.98 Å². The zero-order valence-electron chi connectivity index (χ0n) is 9.16. The van der Waals surface area contributed by atoms with Gasteiger partial charge in [0.15, 0.2) is 0 Å². The number of imidazole rings is 1. The predicted molar refractivity (Wildman–Crippen MR) is 66.8 cm³/mol. The van der Waals surface area contributed by atoms with Gasteiger partial charge >= 0.3 is 0 Å². The fourth-order valence-electron chi connectivity index (χ4n) is 1.52. The maximum Gasteiger partial charge on any atom is 0.141 e. The molecule has 0 spiro atoms. The monoisotopic (exact) mass is 218 g/mol. The number of rotatable bonds is 2. The molecule has 1 heterocycles. The quantitative estimate of drug-likeness (QED) is 0.839. The van der Waals surface area contributed by atoms with Crippen LogP contribution in [0.25, 0.3) is 11.4 Å². The zero-order valence-corrected chi connectivity index (χ0v) is 9.16. The van der Waals surface area contributed by atoms with Crippen molar-refractivity contribution >= 4 is 0 Å². The van der Waals surface area contributed by atoms with Crippen molar-refractivity contribution in [3.8, 4) is 17.1 Å². The normalized spacial score (nSPS) is 9.69. The van der Waals surface area contributed by atoms with E-state index in [0.717, 1.165) is 28.5 Å². The van der Waals surface area contributed by atoms with Crippen LogP contribution in [0.3, 0.4) is 0 Å². The number of hydrogen-bond acceptors (Lipinski definition) is 2. The maximum absolute atomic E-state index is 5.29. The maximum atomic E-state index is 5.29. The standard InChI is InChI=1S/C12H14N2O.CH4/c1-8-9(2)14-12(13-8)10-6-4-5-7-11(10)15-3;/h4-7H,1-3H3,(H,13,14);1H4. The first-order valence-electron chi connectivity index (χ1n) is 4.89. The first kappa shape index (κ1) is 12.3. The molecule has 3 heteroatoms. The summed E-state index contributed by atoms with van der Waals surface area (Å²) in [6, 6.07) is 7.86. The number of aromatic amines is 1. The van der Waals surface area contributed by atoms with Gasteiger partial charge in [-0.1, -0.05) is 19.6 Å². The number of nitrogens with one attached hydrogen (secondary N) is 1. The molecular weight excluding hydrogens is 200 g/mol. The molecule has 2 aromatic rings. The lowest BCUT2D eigenvalue weighted by molar-refractivity contribution is 0.416. The minimum atomic E-state index is 0. The molecule has 0 bridgehead atoms. The molecule has 1 N–H and O–H groups in total. The van der Waals surface area contributed by atoms with Gasteiger partial charge in [-0.15, -0.1) is 0 Å². The van der Waals surface area contributed by atoms with Crippen molar-refractivity contribution < 1.29 is 4.74 Å². The summed E-state index contributed by atoms with van der Waals surface area (Å²) in [5.74, 6) is 1.70. The lowest BCUT2D eigenvalue weighted by Crippen LogP contribution is -1.88. The molecule has 0 aliphatic carbocycles. The number of methoxy groups -OCH3 is 1. The third-order valence-electron chi connectivity index (χ3n) is 2.49. The van der Waals surface area contributed by atoms with E-state index in [4.69, 9.17) is 4.74 Å². The van der Waals surface area contributed by atoms with Crippen LogP contribution in [0.2, 0.25) is 0 Å². The first-order chi connectivity index (χ1) is 7.22. The van der Waals surface area contributed by atoms with Crippen LogP contribution in [0.4, 0.5) is 0 Å². The summed E-state index contributed by atoms with van der Waals surface area (Å²) >= 11 is 0. The van der Waals surface area contributed by atoms with Crippen molar-refractivity contribution in [2.24, 2.45) is 0 Å². The Hall–Kier alpha value is -1.77. The number of ether oxygens (including phenoxy) is 1. The lowest BCUT2D eigenvalue weighted by atomic mass is 10.2. The lowest BCUT2D eigenvalue weighted by Gasteiger charge is -2.04. The summed E-state index contributed by atoms with van der Waals surface area (Å²) in [6.07, 6.45) is 0. The second-order valence-electron chi connectivity index (χ2n) is 3.50. The van der Waals surface area contributed by atoms with Gasteiger partial charge < -0.3 is 9.72 Å². The van der Waals surface area contributed by atoms with Crippen molar-refractivity contribution in [2.75, 3.05) is 7.11 Å². The van der Waals surface area contributed by atoms with E-state index in [-0.39, 0.29) is 7.43 Å². The SMILES string of the molecule is C.COc1ccccc1-c1nc(C)c(C)[nH]1. The molecule has 1 aromatic heterocycles. The average Bonchev–Trinajstić information content (AvgIpc) is 2.59. The Bertz CT molecular complexity index is 455. The van der Waals surface area contributed by atoms with Crippen LogP contribution in [0, 0.1) is 13.8 Å². The Morgan fingerprint density at radius 3 is 2.44 bits per heavy atom. The average molecular weight is 218 g/mol. The predicted octanol–water partition coefficient (Wildman–Crippen LogP) is 3.34. The highest BCUT2D eigenvalue weighted by Crippen LogP contribution is 2.27. The fraction of sp³-hybridized carbons (Fsp3) is 0.308. The first-order valence-corrected chi connectivity index (χ1v) is 4.89. The summed E-state index contributed by atoms with van der Waals surface area (Å²) in [4.78, 5) is 7.70. The van der Waals surface area contributed by atoms with E-state index < -0.39 is 0 Å². The molecule has 0 saturated carbocycles. The third kappa shape index (κ3) is 2.08. The molecule has 0 saturated heterocycles. The van der Waals surface area contributed by atoms with Crippen LogP contribution in [0.5, 0.6) is 5.75 Å². The van der Waals surface area contributed by atoms with Crippen molar-refractivity contribution in [1.82, 2.24) is 9.97 Å². The second-order valence-corrected chi connectivity index (χ2v) is 3.50. The molecule has 1 aromatic carbocycles. The summed E-state index contributed by atoms with van der Waals surface area (Å²) in [7, 11) is 1.67. The molecule has 0 amide bonds. The number of benzene rings is 1. The van der Waals surface area contributed by atoms with Crippen LogP contribution >= 0.6 is 0 Å². The Morgan fingerprint density at radius 1 is 1.19 bits per heavy atom. The van der Waals surface area contributed by atoms with Gasteiger partial charge in [-0.05, 0) is 26.0 Å². The molecule has 0 radical (unpaired) electrons. The van der Waals surface area contributed by atoms with Crippen LogP contribution in [-0.4, -0.2) is 17.1 Å². The number of para-hydroxylation sites is 1. The Morgan fingerprint density at radius 2 is 1.88 bits per heavy atom. The Kier molecular flexibility index (Phi) is 3.72. The van der Waals surface area contributed by atoms with Gasteiger partial charge in [-0.2, -0.15) is 0 Å². The van der Waals surface area contributed by atoms with Crippen LogP contribution in [0.15, 0.2) is 24.3 Å². The second kappa shape index (κ2) is 4.84. The Balaban J connectivity index is 0.00000128. The van der Waals surface area contributed by atoms with Gasteiger partial charge in [-0.3, -0.25) is 0 Å². The van der Waals surface area contributed by atoms with Crippen molar-refractivity contribution in [3.05, 3.63) is 35.7 Å². The van der Waals surface area contributed by atoms with Crippen molar-refractivity contribution in [1.29, 1.82) is 0 Å². The third-order valence-corrected chi connectivity index (χ3v) is 2.49. The Labute approximate surface area is 96.5 Å². The molecule has 16 heavy (non-hydrogen) atoms. The molecule has 0 atom stereocenters. The molecule has 0 aliphatic heterocycles. The van der Waals surface area contributed by atoms with Crippen molar-refractivity contribution in [2.45, 2.75) is 21.3 Å². The zero-order chi connectivity index (χ0) is 10.8. The van der Waals surface area contributed by atoms with Gasteiger partial charge in [0, 0.05) is 5.69 Å². The summed E-state index contributed by atoms with van der Waals surface area (Å²) in [6.45, 7) is 4.01. The number of aryl methyl sites for hydroxylation is 2. The van der Waals surface area contributed by atoms with Crippen LogP contribution in [0.1, 0.15) is 18.8 Å². The van der Waals surface area contributed by atoms with Crippen LogP contribution < -0.4 is 4.74 Å². The minimum absolute atomic E-state index is 0. The molecule has 0 unspecified atom stereocenters. The minimum Gasteiger partial charge on any atom is -0.496 e. The molecule has 0 fully saturated rings. The molecule has 2 rings (SSSR count). The summed E-state index contributed by atoms with van der Waals surface area (Å²) < 4.78 is 5.29. The van der Waals surface area contributed by atoms with Gasteiger partial charge in [0.1, 0.15) is 11.6 Å². The number of aromatic nitrogens is 2. The number of H-pyrrole nitrogens is 1. The highest BCUT2D eigenvalue weighted by atomic mass is 16.5. The molecular formula is C13H18N2O. The van der Waals surface area contributed by atoms with E-state index in [2.05, 4.69) is 9.97 Å². The van der Waals surface area contributed by atoms with Gasteiger partial charge in [0.2, 0.25) is 0 Å². The van der Waals surface area contributed by atoms with E-state index in [1.54, 1.807) is 7.11 Å². The van der Waals surface area contributed by atoms with E-state index in [1.807, 2.05) is 38.1 Å². The van der Waals surface area contributed by atoms with Crippen molar-refractivity contribution in [3.63, 3.8) is 0 Å². The summed E-state index contributed by atoms with van der Waals surface area (Å²) in [5, 5.41) is 0. The van der Waals surface area contributed by atoms with Gasteiger partial charge in [0.05, 0.1) is 18.4 Å². The molecule has 3 nitrogen and oxygen atoms in total. The van der Waals surface area contributed by atoms with Crippen LogP contribution in [-0.2, 0) is 0 Å². The fourth-order valence-corrected chi connectivity index (χ4v) is 1.52. The summed E-state index contributed by atoms with van der Waals surface area (Å²) in [5.41, 5.74) is 3.11. The highest BCUT2D eigenvalue weighted by molar-refractivity contribution is 5.64. The highest BCUT2D eigenvalue weighted by Gasteiger charge is 2.09. The van der Waals surface area contributed by atoms with Gasteiger partial charge in [0.25, 0.3) is 0 Å². The molecule has 0 aliphatic rings.